The van der Waals surface area contributed by atoms with Crippen LogP contribution < -0.4 is 10.6 Å². The predicted octanol–water partition coefficient (Wildman–Crippen LogP) is 1.46. The Kier molecular flexibility index (Phi) is 8.57. The van der Waals surface area contributed by atoms with Crippen LogP contribution in [0.25, 0.3) is 0 Å². The van der Waals surface area contributed by atoms with E-state index in [4.69, 9.17) is 0 Å². The van der Waals surface area contributed by atoms with Gasteiger partial charge in [-0.15, -0.1) is 12.4 Å². The minimum atomic E-state index is -0.160. The highest BCUT2D eigenvalue weighted by molar-refractivity contribution is 5.85. The molecule has 1 atom stereocenters. The van der Waals surface area contributed by atoms with E-state index in [2.05, 4.69) is 10.6 Å². The van der Waals surface area contributed by atoms with Crippen LogP contribution in [-0.2, 0) is 11.3 Å². The van der Waals surface area contributed by atoms with Gasteiger partial charge >= 0.3 is 6.03 Å². The number of nitrogens with one attached hydrogen (secondary N) is 2. The van der Waals surface area contributed by atoms with Gasteiger partial charge in [0.25, 0.3) is 0 Å². The van der Waals surface area contributed by atoms with Crippen molar-refractivity contribution in [3.8, 4) is 0 Å². The topological polar surface area (TPSA) is 64.7 Å². The average Bonchev–Trinajstić information content (AvgIpc) is 3.09. The van der Waals surface area contributed by atoms with Crippen molar-refractivity contribution in [3.05, 3.63) is 35.9 Å². The molecule has 134 valence electrons. The molecule has 1 aromatic rings. The highest BCUT2D eigenvalue weighted by Crippen LogP contribution is 2.07. The van der Waals surface area contributed by atoms with Crippen LogP contribution in [-0.4, -0.2) is 61.5 Å². The van der Waals surface area contributed by atoms with Gasteiger partial charge in [0.2, 0.25) is 5.91 Å². The van der Waals surface area contributed by atoms with Crippen LogP contribution >= 0.6 is 12.4 Å². The van der Waals surface area contributed by atoms with Gasteiger partial charge in [-0.25, -0.2) is 4.79 Å². The minimum absolute atomic E-state index is 0. The maximum atomic E-state index is 12.1. The van der Waals surface area contributed by atoms with Crippen molar-refractivity contribution in [3.63, 3.8) is 0 Å². The SMILES string of the molecule is CN(Cc1ccccc1)C(=O)NCCC(=O)N(C)C1CCNC1.Cl. The van der Waals surface area contributed by atoms with Gasteiger partial charge in [0.05, 0.1) is 0 Å². The third-order valence-corrected chi connectivity index (χ3v) is 4.20. The molecule has 0 radical (unpaired) electrons. The molecule has 1 fully saturated rings. The van der Waals surface area contributed by atoms with Gasteiger partial charge < -0.3 is 20.4 Å². The van der Waals surface area contributed by atoms with E-state index in [-0.39, 0.29) is 30.4 Å². The van der Waals surface area contributed by atoms with Gasteiger partial charge in [0, 0.05) is 46.2 Å². The molecule has 2 N–H and O–H groups in total. The van der Waals surface area contributed by atoms with Crippen molar-refractivity contribution in [2.75, 3.05) is 33.7 Å². The molecule has 0 spiro atoms. The Morgan fingerprint density at radius 3 is 2.58 bits per heavy atom. The van der Waals surface area contributed by atoms with Gasteiger partial charge in [-0.3, -0.25) is 4.79 Å². The largest absolute Gasteiger partial charge is 0.341 e. The summed E-state index contributed by atoms with van der Waals surface area (Å²) in [5.41, 5.74) is 1.08. The second kappa shape index (κ2) is 10.2. The molecule has 1 aliphatic heterocycles. The van der Waals surface area contributed by atoms with E-state index in [0.29, 0.717) is 19.5 Å². The molecular formula is C17H27ClN4O2. The van der Waals surface area contributed by atoms with Crippen LogP contribution in [0.5, 0.6) is 0 Å². The van der Waals surface area contributed by atoms with E-state index in [1.807, 2.05) is 37.4 Å². The summed E-state index contributed by atoms with van der Waals surface area (Å²) in [6.07, 6.45) is 1.33. The first-order valence-electron chi connectivity index (χ1n) is 8.07. The molecule has 24 heavy (non-hydrogen) atoms. The summed E-state index contributed by atoms with van der Waals surface area (Å²) in [6, 6.07) is 9.94. The highest BCUT2D eigenvalue weighted by Gasteiger charge is 2.22. The lowest BCUT2D eigenvalue weighted by atomic mass is 10.2. The molecule has 0 bridgehead atoms. The van der Waals surface area contributed by atoms with E-state index in [9.17, 15) is 9.59 Å². The zero-order chi connectivity index (χ0) is 16.7. The van der Waals surface area contributed by atoms with Crippen molar-refractivity contribution in [1.29, 1.82) is 0 Å². The number of nitrogens with zero attached hydrogens (tertiary/aromatic N) is 2. The molecule has 1 aliphatic rings. The monoisotopic (exact) mass is 354 g/mol. The number of halogens is 1. The van der Waals surface area contributed by atoms with E-state index >= 15 is 0 Å². The van der Waals surface area contributed by atoms with E-state index in [1.54, 1.807) is 16.8 Å². The first kappa shape index (κ1) is 20.3. The standard InChI is InChI=1S/C17H26N4O2.ClH/c1-20(13-14-6-4-3-5-7-14)17(23)19-11-9-16(22)21(2)15-8-10-18-12-15;/h3-7,15,18H,8-13H2,1-2H3,(H,19,23);1H. The van der Waals surface area contributed by atoms with Gasteiger partial charge in [0.15, 0.2) is 0 Å². The zero-order valence-corrected chi connectivity index (χ0v) is 15.1. The van der Waals surface area contributed by atoms with E-state index in [1.165, 1.54) is 0 Å². The van der Waals surface area contributed by atoms with Crippen LogP contribution in [0, 0.1) is 0 Å². The van der Waals surface area contributed by atoms with Crippen LogP contribution in [0.2, 0.25) is 0 Å². The predicted molar refractivity (Wildman–Crippen MR) is 97.2 cm³/mol. The lowest BCUT2D eigenvalue weighted by Gasteiger charge is -2.24. The number of hydrogen-bond acceptors (Lipinski definition) is 3. The summed E-state index contributed by atoms with van der Waals surface area (Å²) >= 11 is 0. The third-order valence-electron chi connectivity index (χ3n) is 4.20. The normalized spacial score (nSPS) is 16.2. The van der Waals surface area contributed by atoms with Crippen molar-refractivity contribution < 1.29 is 9.59 Å². The number of likely N-dealkylation sites (N-methyl/N-ethyl adjacent to an activating group) is 1. The molecule has 1 aromatic carbocycles. The third kappa shape index (κ3) is 6.02. The second-order valence-electron chi connectivity index (χ2n) is 5.97. The Bertz CT molecular complexity index is 521. The summed E-state index contributed by atoms with van der Waals surface area (Å²) in [5, 5.41) is 6.05. The fraction of sp³-hybridized carbons (Fsp3) is 0.529. The first-order valence-corrected chi connectivity index (χ1v) is 8.07. The number of hydrogen-bond donors (Lipinski definition) is 2. The Hall–Kier alpha value is -1.79. The van der Waals surface area contributed by atoms with Crippen LogP contribution in [0.15, 0.2) is 30.3 Å². The smallest absolute Gasteiger partial charge is 0.317 e. The maximum absolute atomic E-state index is 12.1. The number of carbonyl (C=O) groups is 2. The first-order chi connectivity index (χ1) is 11.1. The van der Waals surface area contributed by atoms with Crippen molar-refractivity contribution in [2.24, 2.45) is 0 Å². The van der Waals surface area contributed by atoms with Gasteiger partial charge in [-0.1, -0.05) is 30.3 Å². The summed E-state index contributed by atoms with van der Waals surface area (Å²) in [5.74, 6) is 0.0738. The van der Waals surface area contributed by atoms with Crippen LogP contribution in [0.4, 0.5) is 4.79 Å². The second-order valence-corrected chi connectivity index (χ2v) is 5.97. The molecule has 3 amide bonds. The molecule has 0 aromatic heterocycles. The summed E-state index contributed by atoms with van der Waals surface area (Å²) in [4.78, 5) is 27.5. The number of benzene rings is 1. The quantitative estimate of drug-likeness (QED) is 0.813. The fourth-order valence-corrected chi connectivity index (χ4v) is 2.69. The number of rotatable bonds is 6. The number of carbonyl (C=O) groups excluding carboxylic acids is 2. The van der Waals surface area contributed by atoms with Crippen LogP contribution in [0.3, 0.4) is 0 Å². The molecule has 1 saturated heterocycles. The summed E-state index contributed by atoms with van der Waals surface area (Å²) in [6.45, 7) is 2.73. The minimum Gasteiger partial charge on any atom is -0.341 e. The number of amides is 3. The molecule has 1 unspecified atom stereocenters. The molecule has 1 heterocycles. The lowest BCUT2D eigenvalue weighted by molar-refractivity contribution is -0.131. The van der Waals surface area contributed by atoms with Crippen molar-refractivity contribution in [2.45, 2.75) is 25.4 Å². The zero-order valence-electron chi connectivity index (χ0n) is 14.3. The van der Waals surface area contributed by atoms with E-state index in [0.717, 1.165) is 25.1 Å². The molecule has 0 saturated carbocycles. The van der Waals surface area contributed by atoms with Gasteiger partial charge in [-0.2, -0.15) is 0 Å². The van der Waals surface area contributed by atoms with Crippen molar-refractivity contribution in [1.82, 2.24) is 20.4 Å². The van der Waals surface area contributed by atoms with Crippen molar-refractivity contribution >= 4 is 24.3 Å². The Balaban J connectivity index is 0.00000288. The Morgan fingerprint density at radius 1 is 1.25 bits per heavy atom. The Labute approximate surface area is 150 Å². The molecular weight excluding hydrogens is 328 g/mol. The molecule has 0 aliphatic carbocycles. The van der Waals surface area contributed by atoms with Gasteiger partial charge in [0.1, 0.15) is 0 Å². The molecule has 7 heteroatoms. The highest BCUT2D eigenvalue weighted by atomic mass is 35.5. The summed E-state index contributed by atoms with van der Waals surface area (Å²) in [7, 11) is 3.59. The lowest BCUT2D eigenvalue weighted by Crippen LogP contribution is -2.41. The van der Waals surface area contributed by atoms with E-state index < -0.39 is 0 Å². The average molecular weight is 355 g/mol. The molecule has 2 rings (SSSR count). The van der Waals surface area contributed by atoms with Crippen LogP contribution in [0.1, 0.15) is 18.4 Å². The number of urea groups is 1. The maximum Gasteiger partial charge on any atom is 0.317 e. The molecule has 6 nitrogen and oxygen atoms in total. The summed E-state index contributed by atoms with van der Waals surface area (Å²) < 4.78 is 0. The fourth-order valence-electron chi connectivity index (χ4n) is 2.69. The van der Waals surface area contributed by atoms with Gasteiger partial charge in [-0.05, 0) is 18.5 Å². The Morgan fingerprint density at radius 2 is 1.96 bits per heavy atom.